The Labute approximate surface area is 86.8 Å². The summed E-state index contributed by atoms with van der Waals surface area (Å²) in [5.41, 5.74) is 1.24. The third kappa shape index (κ3) is 2.11. The van der Waals surface area contributed by atoms with Crippen molar-refractivity contribution in [3.8, 4) is 0 Å². The monoisotopic (exact) mass is 212 g/mol. The van der Waals surface area contributed by atoms with Crippen LogP contribution >= 0.6 is 23.2 Å². The van der Waals surface area contributed by atoms with Crippen molar-refractivity contribution < 1.29 is 0 Å². The fourth-order valence-corrected chi connectivity index (χ4v) is 1.36. The van der Waals surface area contributed by atoms with Gasteiger partial charge in [-0.2, -0.15) is 4.91 Å². The maximum atomic E-state index is 9.96. The summed E-state index contributed by atoms with van der Waals surface area (Å²) in [5.74, 6) is 0. The predicted octanol–water partition coefficient (Wildman–Crippen LogP) is 2.65. The summed E-state index contributed by atoms with van der Waals surface area (Å²) in [6.07, 6.45) is 1.59. The Kier molecular flexibility index (Phi) is 3.52. The van der Waals surface area contributed by atoms with Crippen LogP contribution in [0.15, 0.2) is 23.8 Å². The first kappa shape index (κ1) is 10.3. The van der Waals surface area contributed by atoms with Crippen molar-refractivity contribution in [2.24, 2.45) is 5.09 Å². The summed E-state index contributed by atoms with van der Waals surface area (Å²) in [6, 6.07) is 3.38. The minimum atomic E-state index is 0.318. The highest BCUT2D eigenvalue weighted by Crippen LogP contribution is 2.24. The van der Waals surface area contributed by atoms with E-state index in [-0.39, 0.29) is 0 Å². The van der Waals surface area contributed by atoms with Gasteiger partial charge < -0.3 is 0 Å². The van der Waals surface area contributed by atoms with Crippen molar-refractivity contribution in [2.75, 3.05) is 0 Å². The summed E-state index contributed by atoms with van der Waals surface area (Å²) in [6.45, 7) is 3.57. The van der Waals surface area contributed by atoms with Gasteiger partial charge in [-0.1, -0.05) is 48.0 Å². The zero-order valence-electron chi connectivity index (χ0n) is 6.63. The lowest BCUT2D eigenvalue weighted by Gasteiger charge is -2.03. The lowest BCUT2D eigenvalue weighted by molar-refractivity contribution is 1.68. The highest BCUT2D eigenvalue weighted by Gasteiger charge is 2.09. The van der Waals surface area contributed by atoms with Crippen molar-refractivity contribution in [3.05, 3.63) is 39.2 Å². The van der Waals surface area contributed by atoms with Gasteiger partial charge in [-0.15, -0.1) is 5.09 Å². The minimum Gasteiger partial charge on any atom is -0.168 e. The number of halogens is 2. The van der Waals surface area contributed by atoms with Gasteiger partial charge in [-0.3, -0.25) is 0 Å². The summed E-state index contributed by atoms with van der Waals surface area (Å²) in [7, 11) is 1.11. The van der Waals surface area contributed by atoms with E-state index in [1.54, 1.807) is 18.2 Å². The molecule has 1 aromatic rings. The van der Waals surface area contributed by atoms with Crippen LogP contribution in [0, 0.1) is 4.91 Å². The molecule has 0 aliphatic rings. The second-order valence-electron chi connectivity index (χ2n) is 2.31. The molecular formula is C8H5BCl2NO. The van der Waals surface area contributed by atoms with E-state index in [1.807, 2.05) is 0 Å². The normalized spacial score (nSPS) is 9.38. The van der Waals surface area contributed by atoms with Gasteiger partial charge in [0.2, 0.25) is 0 Å². The number of nitrogens with zero attached hydrogens (tertiary/aromatic N) is 1. The van der Waals surface area contributed by atoms with E-state index < -0.39 is 0 Å². The average molecular weight is 213 g/mol. The Morgan fingerprint density at radius 3 is 2.62 bits per heavy atom. The molecule has 1 rings (SSSR count). The molecule has 0 heterocycles. The van der Waals surface area contributed by atoms with Crippen LogP contribution in [0.4, 0.5) is 0 Å². The fourth-order valence-electron chi connectivity index (χ4n) is 0.893. The van der Waals surface area contributed by atoms with E-state index in [0.29, 0.717) is 15.5 Å². The maximum absolute atomic E-state index is 9.96. The lowest BCUT2D eigenvalue weighted by Crippen LogP contribution is -2.13. The van der Waals surface area contributed by atoms with Crippen molar-refractivity contribution in [3.63, 3.8) is 0 Å². The molecule has 0 N–H and O–H groups in total. The van der Waals surface area contributed by atoms with Crippen LogP contribution < -0.4 is 5.46 Å². The Balaban J connectivity index is 3.22. The van der Waals surface area contributed by atoms with E-state index >= 15 is 0 Å². The lowest BCUT2D eigenvalue weighted by atomic mass is 9.84. The van der Waals surface area contributed by atoms with Gasteiger partial charge >= 0.3 is 7.41 Å². The van der Waals surface area contributed by atoms with Gasteiger partial charge in [0, 0.05) is 0 Å². The number of benzene rings is 1. The van der Waals surface area contributed by atoms with Crippen LogP contribution in [0.5, 0.6) is 0 Å². The standard InChI is InChI=1S/C8H5BCl2NO/c1-2-5-3-4-6(9-12-13)8(11)7(5)10/h2-4H,1H2. The summed E-state index contributed by atoms with van der Waals surface area (Å²) in [4.78, 5) is 9.96. The fraction of sp³-hybridized carbons (Fsp3) is 0. The third-order valence-corrected chi connectivity index (χ3v) is 2.46. The molecule has 0 amide bonds. The molecule has 0 saturated heterocycles. The van der Waals surface area contributed by atoms with Gasteiger partial charge in [-0.25, -0.2) is 0 Å². The van der Waals surface area contributed by atoms with Gasteiger partial charge in [-0.05, 0) is 11.0 Å². The number of hydrogen-bond acceptors (Lipinski definition) is 2. The molecule has 0 spiro atoms. The zero-order valence-corrected chi connectivity index (χ0v) is 8.14. The smallest absolute Gasteiger partial charge is 0.168 e. The molecule has 0 bridgehead atoms. The minimum absolute atomic E-state index is 0.318. The van der Waals surface area contributed by atoms with Crippen LogP contribution in [-0.4, -0.2) is 7.41 Å². The number of nitroso groups, excluding NO2 is 1. The highest BCUT2D eigenvalue weighted by molar-refractivity contribution is 6.59. The Morgan fingerprint density at radius 1 is 1.38 bits per heavy atom. The summed E-state index contributed by atoms with van der Waals surface area (Å²) < 4.78 is 0. The first-order valence-electron chi connectivity index (χ1n) is 3.47. The Hall–Kier alpha value is -0.795. The van der Waals surface area contributed by atoms with Gasteiger partial charge in [0.1, 0.15) is 0 Å². The quantitative estimate of drug-likeness (QED) is 0.560. The number of rotatable bonds is 3. The van der Waals surface area contributed by atoms with Crippen LogP contribution in [0.3, 0.4) is 0 Å². The topological polar surface area (TPSA) is 29.4 Å². The zero-order chi connectivity index (χ0) is 9.84. The van der Waals surface area contributed by atoms with Crippen LogP contribution in [0.25, 0.3) is 6.08 Å². The van der Waals surface area contributed by atoms with Gasteiger partial charge in [0.25, 0.3) is 0 Å². The largest absolute Gasteiger partial charge is 0.375 e. The molecule has 0 unspecified atom stereocenters. The Morgan fingerprint density at radius 2 is 2.08 bits per heavy atom. The van der Waals surface area contributed by atoms with E-state index in [9.17, 15) is 4.91 Å². The SMILES string of the molecule is C=Cc1ccc([B]N=O)c(Cl)c1Cl. The molecule has 2 nitrogen and oxygen atoms in total. The second-order valence-corrected chi connectivity index (χ2v) is 3.07. The summed E-state index contributed by atoms with van der Waals surface area (Å²) in [5, 5.41) is 3.32. The molecule has 5 heteroatoms. The van der Waals surface area contributed by atoms with Crippen LogP contribution in [0.2, 0.25) is 10.0 Å². The molecule has 1 radical (unpaired) electrons. The molecule has 0 fully saturated rings. The molecular weight excluding hydrogens is 208 g/mol. The van der Waals surface area contributed by atoms with Crippen molar-refractivity contribution in [1.29, 1.82) is 0 Å². The molecule has 0 aromatic heterocycles. The van der Waals surface area contributed by atoms with E-state index in [2.05, 4.69) is 11.7 Å². The molecule has 0 aliphatic heterocycles. The molecule has 1 aromatic carbocycles. The van der Waals surface area contributed by atoms with Gasteiger partial charge in [0.15, 0.2) is 0 Å². The van der Waals surface area contributed by atoms with E-state index in [1.165, 1.54) is 0 Å². The van der Waals surface area contributed by atoms with Gasteiger partial charge in [0.05, 0.1) is 10.0 Å². The second kappa shape index (κ2) is 4.44. The first-order valence-corrected chi connectivity index (χ1v) is 4.22. The van der Waals surface area contributed by atoms with E-state index in [0.717, 1.165) is 13.0 Å². The van der Waals surface area contributed by atoms with Crippen LogP contribution in [0.1, 0.15) is 5.56 Å². The van der Waals surface area contributed by atoms with Crippen molar-refractivity contribution in [1.82, 2.24) is 0 Å². The molecule has 65 valence electrons. The third-order valence-electron chi connectivity index (χ3n) is 1.55. The summed E-state index contributed by atoms with van der Waals surface area (Å²) >= 11 is 11.7. The maximum Gasteiger partial charge on any atom is 0.375 e. The Bertz CT molecular complexity index is 354. The van der Waals surface area contributed by atoms with E-state index in [4.69, 9.17) is 23.2 Å². The number of hydrogen-bond donors (Lipinski definition) is 0. The predicted molar refractivity (Wildman–Crippen MR) is 57.7 cm³/mol. The molecule has 0 saturated carbocycles. The molecule has 0 aliphatic carbocycles. The van der Waals surface area contributed by atoms with Crippen LogP contribution in [-0.2, 0) is 0 Å². The van der Waals surface area contributed by atoms with Crippen molar-refractivity contribution in [2.45, 2.75) is 0 Å². The average Bonchev–Trinajstić information content (AvgIpc) is 2.14. The molecule has 13 heavy (non-hydrogen) atoms. The molecule has 0 atom stereocenters. The highest BCUT2D eigenvalue weighted by atomic mass is 35.5. The van der Waals surface area contributed by atoms with Crippen molar-refractivity contribution >= 4 is 42.2 Å². The first-order chi connectivity index (χ1) is 6.20.